The van der Waals surface area contributed by atoms with Gasteiger partial charge < -0.3 is 72.4 Å². The average Bonchev–Trinajstić information content (AvgIpc) is 2.87. The van der Waals surface area contributed by atoms with Crippen molar-refractivity contribution in [1.29, 1.82) is 0 Å². The van der Waals surface area contributed by atoms with Gasteiger partial charge in [0.05, 0.1) is 36.4 Å². The van der Waals surface area contributed by atoms with E-state index in [4.69, 9.17) is 57.1 Å². The van der Waals surface area contributed by atoms with Crippen LogP contribution in [0.25, 0.3) is 0 Å². The Morgan fingerprint density at radius 1 is 0.789 bits per heavy atom. The molecule has 38 heavy (non-hydrogen) atoms. The molecule has 0 aromatic carbocycles. The number of esters is 2. The van der Waals surface area contributed by atoms with Crippen molar-refractivity contribution in [3.05, 3.63) is 0 Å². The highest BCUT2D eigenvalue weighted by molar-refractivity contribution is 5.66. The van der Waals surface area contributed by atoms with Crippen LogP contribution in [0.1, 0.15) is 26.7 Å². The lowest BCUT2D eigenvalue weighted by atomic mass is 9.82. The van der Waals surface area contributed by atoms with Crippen molar-refractivity contribution < 1.29 is 53.3 Å². The number of hydrogen-bond donors (Lipinski definition) is 8. The van der Waals surface area contributed by atoms with Gasteiger partial charge in [-0.05, 0) is 12.8 Å². The molecule has 220 valence electrons. The van der Waals surface area contributed by atoms with E-state index in [1.54, 1.807) is 0 Å². The maximum Gasteiger partial charge on any atom is 0.303 e. The first kappa shape index (κ1) is 31.0. The van der Waals surface area contributed by atoms with E-state index >= 15 is 0 Å². The summed E-state index contributed by atoms with van der Waals surface area (Å²) in [7, 11) is 0. The molecule has 1 saturated carbocycles. The van der Waals surface area contributed by atoms with E-state index in [9.17, 15) is 24.9 Å². The summed E-state index contributed by atoms with van der Waals surface area (Å²) in [5, 5.41) is 32.7. The maximum atomic E-state index is 11.6. The number of nitrogens with two attached hydrogens (primary N) is 5. The van der Waals surface area contributed by atoms with Gasteiger partial charge in [0, 0.05) is 20.4 Å². The fourth-order valence-corrected chi connectivity index (χ4v) is 4.87. The van der Waals surface area contributed by atoms with E-state index in [-0.39, 0.29) is 19.3 Å². The summed E-state index contributed by atoms with van der Waals surface area (Å²) in [6, 6.07) is -4.14. The van der Waals surface area contributed by atoms with Gasteiger partial charge in [-0.2, -0.15) is 0 Å². The van der Waals surface area contributed by atoms with Gasteiger partial charge >= 0.3 is 11.9 Å². The smallest absolute Gasteiger partial charge is 0.303 e. The quantitative estimate of drug-likeness (QED) is 0.131. The standard InChI is InChI=1S/C22H41N5O11/c1-7(28)33-6-11-18(34-8(2)29)14(27)16(31)22(36-11)38-20-13(26)15(30)12(25)19(17(20)32)37-21-10(24)4-3-9(5-23)35-21/h9-22,30-32H,3-6,23-27H2,1-2H3/t9?,10?,11?,12-,13?,14?,15?,16?,17?,18+,19?,20-,21+,22+/m0/s1. The van der Waals surface area contributed by atoms with Crippen LogP contribution in [0, 0.1) is 0 Å². The molecule has 9 unspecified atom stereocenters. The second-order valence-electron chi connectivity index (χ2n) is 9.93. The number of aliphatic hydroxyl groups is 3. The Labute approximate surface area is 219 Å². The third-order valence-corrected chi connectivity index (χ3v) is 7.04. The number of ether oxygens (including phenoxy) is 6. The Balaban J connectivity index is 1.77. The van der Waals surface area contributed by atoms with E-state index < -0.39 is 91.4 Å². The second-order valence-corrected chi connectivity index (χ2v) is 9.93. The molecular weight excluding hydrogens is 510 g/mol. The minimum Gasteiger partial charge on any atom is -0.463 e. The van der Waals surface area contributed by atoms with Crippen molar-refractivity contribution in [1.82, 2.24) is 0 Å². The Morgan fingerprint density at radius 2 is 1.37 bits per heavy atom. The molecule has 0 bridgehead atoms. The van der Waals surface area contributed by atoms with Crippen molar-refractivity contribution >= 4 is 11.9 Å². The fourth-order valence-electron chi connectivity index (χ4n) is 4.87. The van der Waals surface area contributed by atoms with Crippen LogP contribution in [0.15, 0.2) is 0 Å². The number of rotatable bonds is 8. The lowest BCUT2D eigenvalue weighted by Gasteiger charge is -2.49. The van der Waals surface area contributed by atoms with Crippen LogP contribution >= 0.6 is 0 Å². The number of hydrogen-bond acceptors (Lipinski definition) is 16. The zero-order chi connectivity index (χ0) is 28.3. The first-order valence-corrected chi connectivity index (χ1v) is 12.5. The molecule has 16 nitrogen and oxygen atoms in total. The summed E-state index contributed by atoms with van der Waals surface area (Å²) in [6.07, 6.45) is -11.0. The predicted molar refractivity (Wildman–Crippen MR) is 127 cm³/mol. The first-order valence-electron chi connectivity index (χ1n) is 12.5. The molecule has 3 aliphatic rings. The van der Waals surface area contributed by atoms with Crippen LogP contribution in [0.3, 0.4) is 0 Å². The molecule has 2 heterocycles. The minimum absolute atomic E-state index is 0.241. The molecule has 16 heteroatoms. The fraction of sp³-hybridized carbons (Fsp3) is 0.909. The highest BCUT2D eigenvalue weighted by atomic mass is 16.7. The number of aliphatic hydroxyl groups excluding tert-OH is 3. The van der Waals surface area contributed by atoms with Crippen LogP contribution in [-0.4, -0.2) is 126 Å². The van der Waals surface area contributed by atoms with Gasteiger partial charge in [-0.1, -0.05) is 0 Å². The van der Waals surface area contributed by atoms with Gasteiger partial charge in [0.2, 0.25) is 0 Å². The molecule has 0 aromatic rings. The van der Waals surface area contributed by atoms with Crippen LogP contribution in [0.2, 0.25) is 0 Å². The molecule has 0 amide bonds. The van der Waals surface area contributed by atoms with Crippen LogP contribution in [0.4, 0.5) is 0 Å². The van der Waals surface area contributed by atoms with Crippen molar-refractivity contribution in [2.75, 3.05) is 13.2 Å². The molecule has 2 saturated heterocycles. The van der Waals surface area contributed by atoms with Gasteiger partial charge in [0.25, 0.3) is 0 Å². The summed E-state index contributed by atoms with van der Waals surface area (Å²) in [4.78, 5) is 22.9. The van der Waals surface area contributed by atoms with E-state index in [0.29, 0.717) is 12.8 Å². The van der Waals surface area contributed by atoms with Gasteiger partial charge in [-0.15, -0.1) is 0 Å². The van der Waals surface area contributed by atoms with Gasteiger partial charge in [0.1, 0.15) is 43.2 Å². The lowest BCUT2D eigenvalue weighted by molar-refractivity contribution is -0.319. The highest BCUT2D eigenvalue weighted by Crippen LogP contribution is 2.31. The van der Waals surface area contributed by atoms with Crippen molar-refractivity contribution in [3.8, 4) is 0 Å². The topological polar surface area (TPSA) is 280 Å². The summed E-state index contributed by atoms with van der Waals surface area (Å²) >= 11 is 0. The third-order valence-electron chi connectivity index (χ3n) is 7.04. The summed E-state index contributed by atoms with van der Waals surface area (Å²) in [6.45, 7) is 2.19. The average molecular weight is 552 g/mol. The molecule has 0 aromatic heterocycles. The summed E-state index contributed by atoms with van der Waals surface area (Å²) in [5.41, 5.74) is 30.2. The summed E-state index contributed by atoms with van der Waals surface area (Å²) in [5.74, 6) is -1.33. The van der Waals surface area contributed by atoms with Crippen LogP contribution in [0.5, 0.6) is 0 Å². The van der Waals surface area contributed by atoms with Crippen LogP contribution < -0.4 is 28.7 Å². The molecule has 14 atom stereocenters. The molecule has 2 aliphatic heterocycles. The minimum atomic E-state index is -1.57. The van der Waals surface area contributed by atoms with Gasteiger partial charge in [-0.3, -0.25) is 9.59 Å². The van der Waals surface area contributed by atoms with E-state index in [1.807, 2.05) is 0 Å². The van der Waals surface area contributed by atoms with E-state index in [0.717, 1.165) is 6.92 Å². The predicted octanol–water partition coefficient (Wildman–Crippen LogP) is -5.15. The molecule has 13 N–H and O–H groups in total. The lowest BCUT2D eigenvalue weighted by Crippen LogP contribution is -2.72. The normalized spacial score (nSPS) is 45.8. The van der Waals surface area contributed by atoms with Crippen molar-refractivity contribution in [3.63, 3.8) is 0 Å². The Kier molecular flexibility index (Phi) is 10.8. The second kappa shape index (κ2) is 13.2. The highest BCUT2D eigenvalue weighted by Gasteiger charge is 2.53. The van der Waals surface area contributed by atoms with Gasteiger partial charge in [-0.25, -0.2) is 0 Å². The molecule has 0 spiro atoms. The monoisotopic (exact) mass is 551 g/mol. The molecule has 3 rings (SSSR count). The zero-order valence-corrected chi connectivity index (χ0v) is 21.4. The Bertz CT molecular complexity index is 812. The zero-order valence-electron chi connectivity index (χ0n) is 21.4. The molecule has 1 aliphatic carbocycles. The molecular formula is C22H41N5O11. The number of carbonyl (C=O) groups is 2. The maximum absolute atomic E-state index is 11.6. The van der Waals surface area contributed by atoms with E-state index in [2.05, 4.69) is 0 Å². The third kappa shape index (κ3) is 6.96. The first-order chi connectivity index (χ1) is 17.8. The van der Waals surface area contributed by atoms with Crippen molar-refractivity contribution in [2.24, 2.45) is 28.7 Å². The summed E-state index contributed by atoms with van der Waals surface area (Å²) < 4.78 is 33.4. The van der Waals surface area contributed by atoms with Crippen LogP contribution in [-0.2, 0) is 38.0 Å². The Hall–Kier alpha value is -1.54. The Morgan fingerprint density at radius 3 is 1.92 bits per heavy atom. The largest absolute Gasteiger partial charge is 0.463 e. The molecule has 3 fully saturated rings. The van der Waals surface area contributed by atoms with Crippen molar-refractivity contribution in [2.45, 2.75) is 112 Å². The van der Waals surface area contributed by atoms with E-state index in [1.165, 1.54) is 6.92 Å². The SMILES string of the molecule is CC(=O)OCC1O[C@H](O[C@H]2C(N)C(O)[C@H](N)C(O[C@H]3OC(CN)CCC3N)C2O)C(O)C(N)[C@@H]1OC(C)=O. The number of carbonyl (C=O) groups excluding carboxylic acids is 2. The van der Waals surface area contributed by atoms with Gasteiger partial charge in [0.15, 0.2) is 12.6 Å². The molecule has 0 radical (unpaired) electrons.